The van der Waals surface area contributed by atoms with Gasteiger partial charge in [0.15, 0.2) is 6.61 Å². The third-order valence-electron chi connectivity index (χ3n) is 5.37. The standard InChI is InChI=1S/C20H25N3O5/c1-4-13(3)21-16(24)12-28-19(27)20-11-10-17(25)23(20)15-9-7-6-8-14(15)18(26)22(20)5-2/h6-9,13H,4-5,10-12H2,1-3H3,(H,21,24)/t13-,20+/m1/s1. The van der Waals surface area contributed by atoms with Gasteiger partial charge in [0.25, 0.3) is 11.8 Å². The maximum absolute atomic E-state index is 13.1. The number of rotatable bonds is 6. The minimum absolute atomic E-state index is 0.0378. The van der Waals surface area contributed by atoms with E-state index in [0.717, 1.165) is 6.42 Å². The second-order valence-corrected chi connectivity index (χ2v) is 7.07. The van der Waals surface area contributed by atoms with Gasteiger partial charge < -0.3 is 15.0 Å². The highest BCUT2D eigenvalue weighted by molar-refractivity contribution is 6.15. The van der Waals surface area contributed by atoms with Crippen LogP contribution in [-0.4, -0.2) is 53.4 Å². The van der Waals surface area contributed by atoms with Crippen LogP contribution >= 0.6 is 0 Å². The first-order chi connectivity index (χ1) is 13.4. The van der Waals surface area contributed by atoms with Crippen molar-refractivity contribution < 1.29 is 23.9 Å². The molecule has 1 N–H and O–H groups in total. The van der Waals surface area contributed by atoms with E-state index in [9.17, 15) is 19.2 Å². The fourth-order valence-corrected chi connectivity index (χ4v) is 3.84. The summed E-state index contributed by atoms with van der Waals surface area (Å²) in [5.41, 5.74) is -0.772. The molecule has 2 atom stereocenters. The molecule has 1 fully saturated rings. The number of hydrogen-bond donors (Lipinski definition) is 1. The van der Waals surface area contributed by atoms with Crippen LogP contribution in [0.15, 0.2) is 24.3 Å². The number of nitrogens with one attached hydrogen (secondary N) is 1. The molecule has 0 saturated carbocycles. The van der Waals surface area contributed by atoms with Crippen molar-refractivity contribution in [3.05, 3.63) is 29.8 Å². The number of ether oxygens (including phenoxy) is 1. The summed E-state index contributed by atoms with van der Waals surface area (Å²) in [5.74, 6) is -1.76. The summed E-state index contributed by atoms with van der Waals surface area (Å²) in [6.07, 6.45) is 0.999. The summed E-state index contributed by atoms with van der Waals surface area (Å²) in [5, 5.41) is 2.73. The lowest BCUT2D eigenvalue weighted by Gasteiger charge is -2.47. The Morgan fingerprint density at radius 3 is 2.64 bits per heavy atom. The second kappa shape index (κ2) is 7.61. The van der Waals surface area contributed by atoms with Crippen LogP contribution in [0.3, 0.4) is 0 Å². The smallest absolute Gasteiger partial charge is 0.354 e. The Morgan fingerprint density at radius 2 is 1.96 bits per heavy atom. The van der Waals surface area contributed by atoms with Crippen molar-refractivity contribution in [1.29, 1.82) is 0 Å². The van der Waals surface area contributed by atoms with Gasteiger partial charge in [0.1, 0.15) is 0 Å². The number of fused-ring (bicyclic) bond motifs is 3. The number of nitrogens with zero attached hydrogens (tertiary/aromatic N) is 2. The summed E-state index contributed by atoms with van der Waals surface area (Å²) >= 11 is 0. The quantitative estimate of drug-likeness (QED) is 0.745. The highest BCUT2D eigenvalue weighted by Gasteiger charge is 2.61. The molecule has 0 radical (unpaired) electrons. The molecule has 1 aromatic carbocycles. The van der Waals surface area contributed by atoms with Crippen LogP contribution in [-0.2, 0) is 19.1 Å². The Labute approximate surface area is 163 Å². The van der Waals surface area contributed by atoms with Crippen LogP contribution in [0.25, 0.3) is 0 Å². The van der Waals surface area contributed by atoms with Crippen LogP contribution in [0.1, 0.15) is 50.4 Å². The first kappa shape index (κ1) is 19.9. The number of hydrogen-bond acceptors (Lipinski definition) is 5. The topological polar surface area (TPSA) is 96.0 Å². The van der Waals surface area contributed by atoms with Crippen LogP contribution < -0.4 is 10.2 Å². The van der Waals surface area contributed by atoms with Gasteiger partial charge in [-0.3, -0.25) is 19.3 Å². The van der Waals surface area contributed by atoms with Crippen LogP contribution in [0.2, 0.25) is 0 Å². The van der Waals surface area contributed by atoms with Crippen LogP contribution in [0.4, 0.5) is 5.69 Å². The Kier molecular flexibility index (Phi) is 5.40. The Morgan fingerprint density at radius 1 is 1.25 bits per heavy atom. The van der Waals surface area contributed by atoms with Crippen LogP contribution in [0, 0.1) is 0 Å². The summed E-state index contributed by atoms with van der Waals surface area (Å²) in [6.45, 7) is 5.30. The van der Waals surface area contributed by atoms with E-state index in [1.54, 1.807) is 31.2 Å². The zero-order valence-corrected chi connectivity index (χ0v) is 16.4. The molecule has 150 valence electrons. The molecule has 8 nitrogen and oxygen atoms in total. The molecule has 2 heterocycles. The summed E-state index contributed by atoms with van der Waals surface area (Å²) in [4.78, 5) is 53.6. The molecule has 0 aliphatic carbocycles. The van der Waals surface area contributed by atoms with E-state index in [1.165, 1.54) is 9.80 Å². The minimum Gasteiger partial charge on any atom is -0.452 e. The van der Waals surface area contributed by atoms with Crippen molar-refractivity contribution in [2.24, 2.45) is 0 Å². The van der Waals surface area contributed by atoms with Crippen LogP contribution in [0.5, 0.6) is 0 Å². The molecule has 0 bridgehead atoms. The van der Waals surface area contributed by atoms with E-state index in [2.05, 4.69) is 5.32 Å². The number of benzene rings is 1. The zero-order valence-electron chi connectivity index (χ0n) is 16.4. The van der Waals surface area contributed by atoms with E-state index in [1.807, 2.05) is 13.8 Å². The van der Waals surface area contributed by atoms with Crippen molar-refractivity contribution in [3.8, 4) is 0 Å². The molecule has 3 rings (SSSR count). The lowest BCUT2D eigenvalue weighted by Crippen LogP contribution is -2.68. The highest BCUT2D eigenvalue weighted by atomic mass is 16.5. The molecular formula is C20H25N3O5. The van der Waals surface area contributed by atoms with E-state index in [-0.39, 0.29) is 37.2 Å². The molecule has 0 unspecified atom stereocenters. The van der Waals surface area contributed by atoms with E-state index < -0.39 is 24.1 Å². The molecule has 8 heteroatoms. The van der Waals surface area contributed by atoms with Gasteiger partial charge in [-0.25, -0.2) is 4.79 Å². The predicted molar refractivity (Wildman–Crippen MR) is 101 cm³/mol. The van der Waals surface area contributed by atoms with Crippen molar-refractivity contribution in [2.45, 2.75) is 51.7 Å². The maximum atomic E-state index is 13.1. The van der Waals surface area contributed by atoms with E-state index in [4.69, 9.17) is 4.74 Å². The highest BCUT2D eigenvalue weighted by Crippen LogP contribution is 2.44. The van der Waals surface area contributed by atoms with Gasteiger partial charge in [0.05, 0.1) is 11.3 Å². The van der Waals surface area contributed by atoms with Crippen molar-refractivity contribution >= 4 is 29.4 Å². The summed E-state index contributed by atoms with van der Waals surface area (Å²) in [7, 11) is 0. The molecule has 1 saturated heterocycles. The number of anilines is 1. The van der Waals surface area contributed by atoms with Gasteiger partial charge in [0.2, 0.25) is 11.6 Å². The summed E-state index contributed by atoms with van der Waals surface area (Å²) in [6, 6.07) is 6.69. The Balaban J connectivity index is 1.93. The maximum Gasteiger partial charge on any atom is 0.354 e. The number of esters is 1. The molecule has 1 aromatic rings. The van der Waals surface area contributed by atoms with Gasteiger partial charge in [-0.05, 0) is 32.4 Å². The molecule has 3 amide bonds. The molecule has 0 spiro atoms. The van der Waals surface area contributed by atoms with Gasteiger partial charge >= 0.3 is 5.97 Å². The van der Waals surface area contributed by atoms with Crippen molar-refractivity contribution in [3.63, 3.8) is 0 Å². The molecule has 2 aliphatic heterocycles. The predicted octanol–water partition coefficient (Wildman–Crippen LogP) is 1.44. The number of para-hydroxylation sites is 1. The SMILES string of the molecule is CC[C@@H](C)NC(=O)COC(=O)[C@]12CCC(=O)N1c1ccccc1C(=O)N2CC. The lowest BCUT2D eigenvalue weighted by molar-refractivity contribution is -0.160. The van der Waals surface area contributed by atoms with Crippen molar-refractivity contribution in [2.75, 3.05) is 18.1 Å². The monoisotopic (exact) mass is 387 g/mol. The van der Waals surface area contributed by atoms with E-state index in [0.29, 0.717) is 11.3 Å². The fraction of sp³-hybridized carbons (Fsp3) is 0.500. The summed E-state index contributed by atoms with van der Waals surface area (Å²) < 4.78 is 5.30. The number of carbonyl (C=O) groups is 4. The van der Waals surface area contributed by atoms with Gasteiger partial charge in [-0.2, -0.15) is 0 Å². The van der Waals surface area contributed by atoms with Gasteiger partial charge in [0, 0.05) is 25.4 Å². The largest absolute Gasteiger partial charge is 0.452 e. The van der Waals surface area contributed by atoms with Crippen molar-refractivity contribution in [1.82, 2.24) is 10.2 Å². The number of likely N-dealkylation sites (N-methyl/N-ethyl adjacent to an activating group) is 1. The minimum atomic E-state index is -1.55. The van der Waals surface area contributed by atoms with Gasteiger partial charge in [-0.1, -0.05) is 19.1 Å². The zero-order chi connectivity index (χ0) is 20.5. The average molecular weight is 387 g/mol. The molecule has 0 aromatic heterocycles. The fourth-order valence-electron chi connectivity index (χ4n) is 3.84. The first-order valence-corrected chi connectivity index (χ1v) is 9.57. The lowest BCUT2D eigenvalue weighted by atomic mass is 9.96. The Bertz CT molecular complexity index is 824. The normalized spacial score (nSPS) is 21.8. The first-order valence-electron chi connectivity index (χ1n) is 9.57. The molecule has 2 aliphatic rings. The van der Waals surface area contributed by atoms with Gasteiger partial charge in [-0.15, -0.1) is 0 Å². The Hall–Kier alpha value is -2.90. The molecule has 28 heavy (non-hydrogen) atoms. The third-order valence-corrected chi connectivity index (χ3v) is 5.37. The average Bonchev–Trinajstić information content (AvgIpc) is 3.04. The number of amides is 3. The molecular weight excluding hydrogens is 362 g/mol. The number of carbonyl (C=O) groups excluding carboxylic acids is 4. The second-order valence-electron chi connectivity index (χ2n) is 7.07. The van der Waals surface area contributed by atoms with E-state index >= 15 is 0 Å². The third kappa shape index (κ3) is 3.02.